The van der Waals surface area contributed by atoms with Crippen molar-refractivity contribution in [1.29, 1.82) is 0 Å². The van der Waals surface area contributed by atoms with Crippen LogP contribution in [0, 0.1) is 0 Å². The molecule has 0 spiro atoms. The van der Waals surface area contributed by atoms with Crippen LogP contribution >= 0.6 is 11.6 Å². The van der Waals surface area contributed by atoms with Crippen molar-refractivity contribution in [3.63, 3.8) is 0 Å². The van der Waals surface area contributed by atoms with Crippen molar-refractivity contribution in [1.82, 2.24) is 0 Å². The van der Waals surface area contributed by atoms with E-state index >= 15 is 0 Å². The number of hydrogen-bond acceptors (Lipinski definition) is 4. The lowest BCUT2D eigenvalue weighted by Crippen LogP contribution is -2.30. The first-order valence-corrected chi connectivity index (χ1v) is 3.86. The Labute approximate surface area is 80.5 Å². The molecule has 0 unspecified atom stereocenters. The van der Waals surface area contributed by atoms with Crippen LogP contribution < -0.4 is 10.2 Å². The Hall–Kier alpha value is -0.905. The highest BCUT2D eigenvalue weighted by Gasteiger charge is 2.19. The summed E-state index contributed by atoms with van der Waals surface area (Å²) in [5.41, 5.74) is -0.0793. The SMILES string of the molecule is COc1cc(Cl)c(O)c(B(O)O)c1. The zero-order chi connectivity index (χ0) is 10.0. The second-order valence-corrected chi connectivity index (χ2v) is 2.83. The van der Waals surface area contributed by atoms with Crippen LogP contribution in [0.25, 0.3) is 0 Å². The van der Waals surface area contributed by atoms with Gasteiger partial charge in [-0.1, -0.05) is 11.6 Å². The molecule has 1 aromatic rings. The minimum absolute atomic E-state index is 0.0162. The van der Waals surface area contributed by atoms with Gasteiger partial charge in [-0.15, -0.1) is 0 Å². The maximum Gasteiger partial charge on any atom is 0.492 e. The van der Waals surface area contributed by atoms with Crippen LogP contribution in [-0.2, 0) is 0 Å². The second kappa shape index (κ2) is 3.87. The number of ether oxygens (including phenoxy) is 1. The van der Waals surface area contributed by atoms with Crippen molar-refractivity contribution in [2.45, 2.75) is 0 Å². The van der Waals surface area contributed by atoms with Crippen LogP contribution in [0.4, 0.5) is 0 Å². The lowest BCUT2D eigenvalue weighted by Gasteiger charge is -2.07. The molecule has 0 fully saturated rings. The van der Waals surface area contributed by atoms with Gasteiger partial charge in [-0.3, -0.25) is 0 Å². The van der Waals surface area contributed by atoms with Gasteiger partial charge in [-0.05, 0) is 6.07 Å². The maximum absolute atomic E-state index is 9.28. The van der Waals surface area contributed by atoms with E-state index in [4.69, 9.17) is 26.4 Å². The summed E-state index contributed by atoms with van der Waals surface area (Å²) in [6.07, 6.45) is 0. The van der Waals surface area contributed by atoms with Crippen molar-refractivity contribution < 1.29 is 19.9 Å². The normalized spacial score (nSPS) is 9.85. The summed E-state index contributed by atoms with van der Waals surface area (Å²) in [6, 6.07) is 2.68. The van der Waals surface area contributed by atoms with Crippen molar-refractivity contribution in [2.24, 2.45) is 0 Å². The fourth-order valence-electron chi connectivity index (χ4n) is 0.909. The van der Waals surface area contributed by atoms with Gasteiger partial charge in [0.25, 0.3) is 0 Å². The first-order valence-electron chi connectivity index (χ1n) is 3.48. The molecule has 1 aromatic carbocycles. The Balaban J connectivity index is 3.25. The molecule has 0 aliphatic rings. The van der Waals surface area contributed by atoms with E-state index in [9.17, 15) is 5.11 Å². The Morgan fingerprint density at radius 3 is 2.46 bits per heavy atom. The highest BCUT2D eigenvalue weighted by molar-refractivity contribution is 6.60. The summed E-state index contributed by atoms with van der Waals surface area (Å²) < 4.78 is 4.82. The summed E-state index contributed by atoms with van der Waals surface area (Å²) in [6.45, 7) is 0. The van der Waals surface area contributed by atoms with E-state index in [1.165, 1.54) is 19.2 Å². The summed E-state index contributed by atoms with van der Waals surface area (Å²) in [7, 11) is -0.358. The lowest BCUT2D eigenvalue weighted by atomic mass is 9.79. The molecule has 0 aliphatic heterocycles. The molecule has 0 saturated carbocycles. The fraction of sp³-hybridized carbons (Fsp3) is 0.143. The zero-order valence-electron chi connectivity index (χ0n) is 6.86. The lowest BCUT2D eigenvalue weighted by molar-refractivity contribution is 0.407. The molecular formula is C7H8BClO4. The van der Waals surface area contributed by atoms with E-state index in [1.807, 2.05) is 0 Å². The molecule has 1 rings (SSSR count). The first-order chi connectivity index (χ1) is 6.06. The van der Waals surface area contributed by atoms with Crippen LogP contribution in [0.3, 0.4) is 0 Å². The Morgan fingerprint density at radius 2 is 2.00 bits per heavy atom. The standard InChI is InChI=1S/C7H8BClO4/c1-13-4-2-5(8(11)12)7(10)6(9)3-4/h2-3,10-12H,1H3. The van der Waals surface area contributed by atoms with Gasteiger partial charge in [0.15, 0.2) is 0 Å². The molecular weight excluding hydrogens is 194 g/mol. The van der Waals surface area contributed by atoms with E-state index in [0.29, 0.717) is 5.75 Å². The number of phenolic OH excluding ortho intramolecular Hbond substituents is 1. The number of methoxy groups -OCH3 is 1. The topological polar surface area (TPSA) is 69.9 Å². The van der Waals surface area contributed by atoms with Gasteiger partial charge in [0, 0.05) is 11.5 Å². The monoisotopic (exact) mass is 202 g/mol. The Bertz CT molecular complexity index is 316. The van der Waals surface area contributed by atoms with Gasteiger partial charge in [0.05, 0.1) is 12.1 Å². The van der Waals surface area contributed by atoms with Crippen molar-refractivity contribution in [3.8, 4) is 11.5 Å². The first kappa shape index (κ1) is 10.2. The fourth-order valence-corrected chi connectivity index (χ4v) is 1.13. The summed E-state index contributed by atoms with van der Waals surface area (Å²) in [5.74, 6) is 0.00312. The molecule has 0 atom stereocenters. The minimum atomic E-state index is -1.77. The molecule has 0 radical (unpaired) electrons. The van der Waals surface area contributed by atoms with Crippen LogP contribution in [0.2, 0.25) is 5.02 Å². The van der Waals surface area contributed by atoms with Crippen LogP contribution in [0.5, 0.6) is 11.5 Å². The second-order valence-electron chi connectivity index (χ2n) is 2.42. The average Bonchev–Trinajstić information content (AvgIpc) is 2.09. The van der Waals surface area contributed by atoms with Crippen molar-refractivity contribution in [2.75, 3.05) is 7.11 Å². The quantitative estimate of drug-likeness (QED) is 0.578. The molecule has 0 saturated heterocycles. The van der Waals surface area contributed by atoms with Gasteiger partial charge in [-0.2, -0.15) is 0 Å². The summed E-state index contributed by atoms with van der Waals surface area (Å²) >= 11 is 5.59. The number of hydrogen-bond donors (Lipinski definition) is 3. The highest BCUT2D eigenvalue weighted by atomic mass is 35.5. The number of phenols is 1. The van der Waals surface area contributed by atoms with Gasteiger partial charge in [0.2, 0.25) is 0 Å². The molecule has 4 nitrogen and oxygen atoms in total. The minimum Gasteiger partial charge on any atom is -0.507 e. The van der Waals surface area contributed by atoms with Gasteiger partial charge in [0.1, 0.15) is 11.5 Å². The predicted octanol–water partition coefficient (Wildman–Crippen LogP) is -0.266. The summed E-state index contributed by atoms with van der Waals surface area (Å²) in [5, 5.41) is 27.0. The van der Waals surface area contributed by atoms with Crippen molar-refractivity contribution >= 4 is 24.2 Å². The largest absolute Gasteiger partial charge is 0.507 e. The van der Waals surface area contributed by atoms with Gasteiger partial charge < -0.3 is 19.9 Å². The molecule has 70 valence electrons. The molecule has 6 heteroatoms. The molecule has 0 heterocycles. The van der Waals surface area contributed by atoms with Crippen molar-refractivity contribution in [3.05, 3.63) is 17.2 Å². The number of rotatable bonds is 2. The maximum atomic E-state index is 9.28. The van der Waals surface area contributed by atoms with Crippen LogP contribution in [0.1, 0.15) is 0 Å². The van der Waals surface area contributed by atoms with E-state index in [0.717, 1.165) is 0 Å². The third-order valence-electron chi connectivity index (χ3n) is 1.58. The van der Waals surface area contributed by atoms with E-state index in [2.05, 4.69) is 0 Å². The zero-order valence-corrected chi connectivity index (χ0v) is 7.62. The highest BCUT2D eigenvalue weighted by Crippen LogP contribution is 2.25. The molecule has 0 bridgehead atoms. The van der Waals surface area contributed by atoms with Gasteiger partial charge in [-0.25, -0.2) is 0 Å². The Kier molecular flexibility index (Phi) is 3.03. The molecule has 3 N–H and O–H groups in total. The molecule has 0 aliphatic carbocycles. The smallest absolute Gasteiger partial charge is 0.492 e. The van der Waals surface area contributed by atoms with Crippen LogP contribution in [0.15, 0.2) is 12.1 Å². The average molecular weight is 202 g/mol. The van der Waals surface area contributed by atoms with Crippen LogP contribution in [-0.4, -0.2) is 29.4 Å². The third-order valence-corrected chi connectivity index (χ3v) is 1.87. The van der Waals surface area contributed by atoms with E-state index in [-0.39, 0.29) is 16.2 Å². The predicted molar refractivity (Wildman–Crippen MR) is 49.5 cm³/mol. The molecule has 0 amide bonds. The van der Waals surface area contributed by atoms with E-state index < -0.39 is 7.12 Å². The Morgan fingerprint density at radius 1 is 1.38 bits per heavy atom. The number of aromatic hydroxyl groups is 1. The molecule has 0 aromatic heterocycles. The number of halogens is 1. The van der Waals surface area contributed by atoms with Gasteiger partial charge >= 0.3 is 7.12 Å². The van der Waals surface area contributed by atoms with E-state index in [1.54, 1.807) is 0 Å². The summed E-state index contributed by atoms with van der Waals surface area (Å²) in [4.78, 5) is 0. The number of benzene rings is 1. The molecule has 13 heavy (non-hydrogen) atoms. The third kappa shape index (κ3) is 2.06.